The van der Waals surface area contributed by atoms with Gasteiger partial charge >= 0.3 is 0 Å². The van der Waals surface area contributed by atoms with Gasteiger partial charge in [0.25, 0.3) is 0 Å². The van der Waals surface area contributed by atoms with Gasteiger partial charge in [0, 0.05) is 0 Å². The minimum absolute atomic E-state index is 0.773. The summed E-state index contributed by atoms with van der Waals surface area (Å²) < 4.78 is 0. The molecule has 0 spiro atoms. The Balaban J connectivity index is 0.000000260. The molecule has 0 amide bonds. The Bertz CT molecular complexity index is 572. The summed E-state index contributed by atoms with van der Waals surface area (Å²) in [4.78, 5) is 0. The minimum Gasteiger partial charge on any atom is -0.0654 e. The molecule has 1 saturated carbocycles. The summed E-state index contributed by atoms with van der Waals surface area (Å²) in [5.41, 5.74) is 4.35. The monoisotopic (exact) mass is 350 g/mol. The topological polar surface area (TPSA) is 0 Å². The fourth-order valence-corrected chi connectivity index (χ4v) is 4.00. The van der Waals surface area contributed by atoms with Gasteiger partial charge in [-0.15, -0.1) is 0 Å². The highest BCUT2D eigenvalue weighted by Crippen LogP contribution is 2.37. The summed E-state index contributed by atoms with van der Waals surface area (Å²) >= 11 is 0. The van der Waals surface area contributed by atoms with Gasteiger partial charge in [-0.1, -0.05) is 126 Å². The third-order valence-electron chi connectivity index (χ3n) is 5.55. The molecule has 0 nitrogen and oxygen atoms in total. The maximum absolute atomic E-state index is 2.33. The van der Waals surface area contributed by atoms with Crippen molar-refractivity contribution in [2.24, 2.45) is 0 Å². The molecule has 2 aromatic carbocycles. The number of hydrogen-bond acceptors (Lipinski definition) is 0. The van der Waals surface area contributed by atoms with Crippen LogP contribution < -0.4 is 0 Å². The van der Waals surface area contributed by atoms with Crippen LogP contribution in [0.3, 0.4) is 0 Å². The minimum atomic E-state index is 0.773. The summed E-state index contributed by atoms with van der Waals surface area (Å²) in [6.45, 7) is 4.51. The van der Waals surface area contributed by atoms with E-state index in [1.54, 1.807) is 5.56 Å². The lowest BCUT2D eigenvalue weighted by atomic mass is 9.81. The summed E-state index contributed by atoms with van der Waals surface area (Å²) in [6.07, 6.45) is 15.4. The molecular formula is C26H38. The first-order chi connectivity index (χ1) is 12.9. The quantitative estimate of drug-likeness (QED) is 0.438. The Kier molecular flexibility index (Phi) is 10.2. The molecule has 0 unspecified atom stereocenters. The van der Waals surface area contributed by atoms with Crippen LogP contribution in [0.2, 0.25) is 0 Å². The van der Waals surface area contributed by atoms with Crippen molar-refractivity contribution in [3.05, 3.63) is 60.2 Å². The van der Waals surface area contributed by atoms with E-state index < -0.39 is 0 Å². The molecule has 0 aromatic heterocycles. The van der Waals surface area contributed by atoms with Crippen LogP contribution in [-0.2, 0) is 0 Å². The Morgan fingerprint density at radius 2 is 1.23 bits per heavy atom. The van der Waals surface area contributed by atoms with Crippen LogP contribution in [0.4, 0.5) is 0 Å². The molecule has 142 valence electrons. The van der Waals surface area contributed by atoms with Crippen molar-refractivity contribution in [2.75, 3.05) is 0 Å². The van der Waals surface area contributed by atoms with E-state index in [2.05, 4.69) is 68.4 Å². The molecule has 1 aliphatic carbocycles. The van der Waals surface area contributed by atoms with Gasteiger partial charge in [-0.05, 0) is 35.4 Å². The molecule has 2 aromatic rings. The van der Waals surface area contributed by atoms with Crippen molar-refractivity contribution in [1.82, 2.24) is 0 Å². The highest BCUT2D eigenvalue weighted by atomic mass is 14.2. The van der Waals surface area contributed by atoms with Crippen molar-refractivity contribution in [2.45, 2.75) is 90.4 Å². The number of hydrogen-bond donors (Lipinski definition) is 0. The predicted molar refractivity (Wildman–Crippen MR) is 117 cm³/mol. The molecule has 0 bridgehead atoms. The van der Waals surface area contributed by atoms with Crippen molar-refractivity contribution < 1.29 is 0 Å². The maximum atomic E-state index is 2.33. The van der Waals surface area contributed by atoms with Crippen LogP contribution in [0.25, 0.3) is 11.1 Å². The molecule has 0 radical (unpaired) electrons. The highest BCUT2D eigenvalue weighted by molar-refractivity contribution is 5.68. The lowest BCUT2D eigenvalue weighted by molar-refractivity contribution is 0.444. The summed E-state index contributed by atoms with van der Waals surface area (Å²) in [7, 11) is 0. The fraction of sp³-hybridized carbons (Fsp3) is 0.538. The largest absolute Gasteiger partial charge is 0.0654 e. The van der Waals surface area contributed by atoms with Gasteiger partial charge in [0.15, 0.2) is 0 Å². The molecule has 1 fully saturated rings. The lowest BCUT2D eigenvalue weighted by Gasteiger charge is -2.24. The van der Waals surface area contributed by atoms with E-state index in [1.807, 2.05) is 0 Å². The predicted octanol–water partition coefficient (Wildman–Crippen LogP) is 8.77. The number of benzene rings is 2. The van der Waals surface area contributed by atoms with E-state index in [-0.39, 0.29) is 0 Å². The lowest BCUT2D eigenvalue weighted by Crippen LogP contribution is -2.05. The smallest absolute Gasteiger partial charge is 0.0149 e. The van der Waals surface area contributed by atoms with Crippen LogP contribution in [0.15, 0.2) is 54.6 Å². The van der Waals surface area contributed by atoms with Gasteiger partial charge in [0.1, 0.15) is 0 Å². The molecule has 3 rings (SSSR count). The standard InChI is InChI=1S/C18H20.C8H18/c1-3-9-15(10-4-1)17-13-7-8-14-18(17)16-11-5-2-6-12-16;1-3-5-7-8-6-4-2/h1,3-4,7-10,13-14,16H,2,5-6,11-12H2;3-8H2,1-2H3. The second-order valence-corrected chi connectivity index (χ2v) is 7.70. The second-order valence-electron chi connectivity index (χ2n) is 7.70. The Morgan fingerprint density at radius 3 is 1.85 bits per heavy atom. The van der Waals surface area contributed by atoms with E-state index >= 15 is 0 Å². The average molecular weight is 351 g/mol. The molecule has 0 saturated heterocycles. The molecule has 1 aliphatic rings. The Hall–Kier alpha value is -1.56. The number of rotatable bonds is 7. The molecule has 0 atom stereocenters. The van der Waals surface area contributed by atoms with Crippen molar-refractivity contribution in [3.63, 3.8) is 0 Å². The first kappa shape index (κ1) is 20.7. The van der Waals surface area contributed by atoms with Crippen LogP contribution in [-0.4, -0.2) is 0 Å². The highest BCUT2D eigenvalue weighted by Gasteiger charge is 2.18. The van der Waals surface area contributed by atoms with E-state index in [0.29, 0.717) is 0 Å². The van der Waals surface area contributed by atoms with Gasteiger partial charge in [-0.2, -0.15) is 0 Å². The zero-order chi connectivity index (χ0) is 18.5. The van der Waals surface area contributed by atoms with Crippen LogP contribution >= 0.6 is 0 Å². The molecule has 26 heavy (non-hydrogen) atoms. The SMILES string of the molecule is CCCCCCCC.c1ccc(-c2ccccc2C2CCCCC2)cc1. The zero-order valence-corrected chi connectivity index (χ0v) is 17.1. The van der Waals surface area contributed by atoms with Gasteiger partial charge in [-0.3, -0.25) is 0 Å². The molecule has 0 heteroatoms. The third kappa shape index (κ3) is 6.98. The third-order valence-corrected chi connectivity index (χ3v) is 5.55. The van der Waals surface area contributed by atoms with E-state index in [9.17, 15) is 0 Å². The summed E-state index contributed by atoms with van der Waals surface area (Å²) in [5.74, 6) is 0.773. The molecular weight excluding hydrogens is 312 g/mol. The van der Waals surface area contributed by atoms with Gasteiger partial charge in [-0.25, -0.2) is 0 Å². The normalized spacial score (nSPS) is 14.5. The van der Waals surface area contributed by atoms with E-state index in [1.165, 1.54) is 81.8 Å². The van der Waals surface area contributed by atoms with Crippen LogP contribution in [0.5, 0.6) is 0 Å². The second kappa shape index (κ2) is 12.7. The van der Waals surface area contributed by atoms with E-state index in [0.717, 1.165) is 5.92 Å². The van der Waals surface area contributed by atoms with Gasteiger partial charge in [0.05, 0.1) is 0 Å². The molecule has 0 heterocycles. The summed E-state index contributed by atoms with van der Waals surface area (Å²) in [5, 5.41) is 0. The first-order valence-corrected chi connectivity index (χ1v) is 11.0. The van der Waals surface area contributed by atoms with Gasteiger partial charge < -0.3 is 0 Å². The maximum Gasteiger partial charge on any atom is -0.0149 e. The average Bonchev–Trinajstić information content (AvgIpc) is 2.73. The fourth-order valence-electron chi connectivity index (χ4n) is 4.00. The van der Waals surface area contributed by atoms with Crippen molar-refractivity contribution >= 4 is 0 Å². The molecule has 0 N–H and O–H groups in total. The number of unbranched alkanes of at least 4 members (excludes halogenated alkanes) is 5. The zero-order valence-electron chi connectivity index (χ0n) is 17.1. The Morgan fingerprint density at radius 1 is 0.654 bits per heavy atom. The Labute approximate surface area is 162 Å². The van der Waals surface area contributed by atoms with Crippen LogP contribution in [0.1, 0.15) is 96.0 Å². The van der Waals surface area contributed by atoms with Crippen molar-refractivity contribution in [3.8, 4) is 11.1 Å². The van der Waals surface area contributed by atoms with Gasteiger partial charge in [0.2, 0.25) is 0 Å². The van der Waals surface area contributed by atoms with Crippen LogP contribution in [0, 0.1) is 0 Å². The van der Waals surface area contributed by atoms with Crippen molar-refractivity contribution in [1.29, 1.82) is 0 Å². The van der Waals surface area contributed by atoms with E-state index in [4.69, 9.17) is 0 Å². The molecule has 0 aliphatic heterocycles. The first-order valence-electron chi connectivity index (χ1n) is 11.0. The summed E-state index contributed by atoms with van der Waals surface area (Å²) in [6, 6.07) is 19.8.